The van der Waals surface area contributed by atoms with Crippen LogP contribution < -0.4 is 10.6 Å². The van der Waals surface area contributed by atoms with E-state index in [0.717, 1.165) is 0 Å². The predicted octanol–water partition coefficient (Wildman–Crippen LogP) is 3.51. The van der Waals surface area contributed by atoms with E-state index < -0.39 is 7.26 Å². The topological polar surface area (TPSA) is 0 Å². The van der Waals surface area contributed by atoms with Crippen molar-refractivity contribution >= 4 is 17.9 Å². The fraction of sp³-hybridized carbons (Fsp3) is 0.111. The van der Waals surface area contributed by atoms with Crippen LogP contribution in [0.2, 0.25) is 0 Å². The molecule has 96 valence electrons. The van der Waals surface area contributed by atoms with Crippen LogP contribution in [-0.4, -0.2) is 12.3 Å². The second kappa shape index (κ2) is 5.15. The molecule has 1 heteroatoms. The third-order valence-electron chi connectivity index (χ3n) is 4.16. The summed E-state index contributed by atoms with van der Waals surface area (Å²) < 4.78 is 0. The first-order valence-corrected chi connectivity index (χ1v) is 9.35. The first-order valence-electron chi connectivity index (χ1n) is 6.78. The molecule has 0 radical (unpaired) electrons. The van der Waals surface area contributed by atoms with Crippen LogP contribution in [0.15, 0.2) is 85.0 Å². The van der Waals surface area contributed by atoms with Crippen LogP contribution in [0.3, 0.4) is 0 Å². The van der Waals surface area contributed by atoms with Crippen LogP contribution in [0.5, 0.6) is 0 Å². The van der Waals surface area contributed by atoms with Crippen molar-refractivity contribution in [2.45, 2.75) is 5.66 Å². The van der Waals surface area contributed by atoms with Gasteiger partial charge in [0.2, 0.25) is 0 Å². The number of hydrogen-bond acceptors (Lipinski definition) is 0. The molecule has 0 heterocycles. The number of benzene rings is 2. The Morgan fingerprint density at radius 3 is 1.53 bits per heavy atom. The molecular weight excluding hydrogens is 247 g/mol. The fourth-order valence-electron chi connectivity index (χ4n) is 2.94. The molecule has 3 rings (SSSR count). The van der Waals surface area contributed by atoms with Crippen molar-refractivity contribution < 1.29 is 0 Å². The van der Waals surface area contributed by atoms with Crippen molar-refractivity contribution in [2.24, 2.45) is 0 Å². The normalized spacial score (nSPS) is 15.8. The summed E-state index contributed by atoms with van der Waals surface area (Å²) in [5, 5.41) is 3.00. The molecule has 0 bridgehead atoms. The third-order valence-corrected chi connectivity index (χ3v) is 8.95. The zero-order chi connectivity index (χ0) is 13.1. The third kappa shape index (κ3) is 2.17. The van der Waals surface area contributed by atoms with Crippen LogP contribution in [0.25, 0.3) is 0 Å². The molecule has 0 N–H and O–H groups in total. The van der Waals surface area contributed by atoms with Gasteiger partial charge in [0.25, 0.3) is 0 Å². The summed E-state index contributed by atoms with van der Waals surface area (Å²) in [6.45, 7) is 2.47. The van der Waals surface area contributed by atoms with E-state index in [1.807, 2.05) is 0 Å². The Balaban J connectivity index is 2.16. The second-order valence-corrected chi connectivity index (χ2v) is 9.46. The first-order chi connectivity index (χ1) is 9.32. The Morgan fingerprint density at radius 1 is 0.684 bits per heavy atom. The minimum absolute atomic E-state index is 0.553. The van der Waals surface area contributed by atoms with Gasteiger partial charge in [-0.1, -0.05) is 0 Å². The Morgan fingerprint density at radius 2 is 1.11 bits per heavy atom. The summed E-state index contributed by atoms with van der Waals surface area (Å²) in [4.78, 5) is 0. The summed E-state index contributed by atoms with van der Waals surface area (Å²) in [7, 11) is -1.74. The van der Waals surface area contributed by atoms with E-state index in [1.165, 1.54) is 10.6 Å². The molecule has 1 aliphatic rings. The van der Waals surface area contributed by atoms with Gasteiger partial charge in [-0.15, -0.1) is 0 Å². The molecule has 0 saturated heterocycles. The van der Waals surface area contributed by atoms with Crippen molar-refractivity contribution in [3.05, 3.63) is 85.0 Å². The quantitative estimate of drug-likeness (QED) is 0.746. The van der Waals surface area contributed by atoms with Crippen molar-refractivity contribution in [1.82, 2.24) is 0 Å². The van der Waals surface area contributed by atoms with Gasteiger partial charge in [0.05, 0.1) is 0 Å². The molecular formula is C18H19P. The van der Waals surface area contributed by atoms with Crippen LogP contribution in [-0.2, 0) is 0 Å². The second-order valence-electron chi connectivity index (χ2n) is 5.23. The molecule has 19 heavy (non-hydrogen) atoms. The zero-order valence-corrected chi connectivity index (χ0v) is 12.2. The summed E-state index contributed by atoms with van der Waals surface area (Å²) in [5.41, 5.74) is 0.553. The van der Waals surface area contributed by atoms with Gasteiger partial charge in [-0.2, -0.15) is 0 Å². The molecule has 0 saturated carbocycles. The minimum atomic E-state index is -1.74. The van der Waals surface area contributed by atoms with E-state index in [1.54, 1.807) is 0 Å². The first kappa shape index (κ1) is 12.4. The average molecular weight is 266 g/mol. The zero-order valence-electron chi connectivity index (χ0n) is 11.2. The molecule has 0 nitrogen and oxygen atoms in total. The van der Waals surface area contributed by atoms with Crippen LogP contribution in [0.1, 0.15) is 0 Å². The summed E-state index contributed by atoms with van der Waals surface area (Å²) in [5.74, 6) is 0. The van der Waals surface area contributed by atoms with Crippen molar-refractivity contribution in [2.75, 3.05) is 6.66 Å². The summed E-state index contributed by atoms with van der Waals surface area (Å²) in [6.07, 6.45) is 9.07. The van der Waals surface area contributed by atoms with Crippen LogP contribution in [0.4, 0.5) is 0 Å². The van der Waals surface area contributed by atoms with Gasteiger partial charge in [-0.05, 0) is 0 Å². The van der Waals surface area contributed by atoms with Crippen LogP contribution in [0, 0.1) is 0 Å². The van der Waals surface area contributed by atoms with E-state index in [0.29, 0.717) is 5.66 Å². The van der Waals surface area contributed by atoms with Gasteiger partial charge >= 0.3 is 115 Å². The molecule has 1 aliphatic carbocycles. The van der Waals surface area contributed by atoms with E-state index in [9.17, 15) is 0 Å². The molecule has 2 aromatic rings. The maximum absolute atomic E-state index is 2.47. The molecule has 0 aromatic heterocycles. The standard InChI is InChI=1S/C18H19P/c1-19(18-14-8-9-15-18,16-10-4-2-5-11-16)17-12-6-3-7-13-17/h2-15,18-19H,1H3. The van der Waals surface area contributed by atoms with E-state index in [2.05, 4.69) is 91.6 Å². The molecule has 0 amide bonds. The van der Waals surface area contributed by atoms with Gasteiger partial charge in [-0.25, -0.2) is 0 Å². The molecule has 2 aromatic carbocycles. The Labute approximate surface area is 115 Å². The van der Waals surface area contributed by atoms with Crippen molar-refractivity contribution in [1.29, 1.82) is 0 Å². The van der Waals surface area contributed by atoms with Gasteiger partial charge in [0, 0.05) is 0 Å². The van der Waals surface area contributed by atoms with Crippen molar-refractivity contribution in [3.63, 3.8) is 0 Å². The number of rotatable bonds is 3. The number of allylic oxidation sites excluding steroid dienone is 4. The number of hydrogen-bond donors (Lipinski definition) is 0. The summed E-state index contributed by atoms with van der Waals surface area (Å²) in [6, 6.07) is 22.0. The maximum atomic E-state index is 2.47. The van der Waals surface area contributed by atoms with E-state index in [4.69, 9.17) is 0 Å². The SMILES string of the molecule is C[PH](c1ccccc1)(c1ccccc1)C1C=CC=C1. The predicted molar refractivity (Wildman–Crippen MR) is 88.5 cm³/mol. The van der Waals surface area contributed by atoms with E-state index >= 15 is 0 Å². The molecule has 0 aliphatic heterocycles. The Bertz CT molecular complexity index is 545. The summed E-state index contributed by atoms with van der Waals surface area (Å²) >= 11 is 0. The van der Waals surface area contributed by atoms with Crippen LogP contribution >= 0.6 is 7.26 Å². The molecule has 0 atom stereocenters. The average Bonchev–Trinajstić information content (AvgIpc) is 3.03. The monoisotopic (exact) mass is 266 g/mol. The van der Waals surface area contributed by atoms with Crippen molar-refractivity contribution in [3.8, 4) is 0 Å². The van der Waals surface area contributed by atoms with E-state index in [-0.39, 0.29) is 0 Å². The fourth-order valence-corrected chi connectivity index (χ4v) is 6.80. The Hall–Kier alpha value is -1.65. The molecule has 0 fully saturated rings. The van der Waals surface area contributed by atoms with Gasteiger partial charge in [0.1, 0.15) is 0 Å². The van der Waals surface area contributed by atoms with Gasteiger partial charge < -0.3 is 0 Å². The van der Waals surface area contributed by atoms with Gasteiger partial charge in [0.15, 0.2) is 0 Å². The molecule has 0 spiro atoms. The Kier molecular flexibility index (Phi) is 3.36. The molecule has 0 unspecified atom stereocenters. The van der Waals surface area contributed by atoms with Gasteiger partial charge in [-0.3, -0.25) is 0 Å².